The summed E-state index contributed by atoms with van der Waals surface area (Å²) >= 11 is 0. The first-order valence-corrected chi connectivity index (χ1v) is 9.02. The van der Waals surface area contributed by atoms with E-state index in [0.717, 1.165) is 26.2 Å². The number of halogens is 2. The Morgan fingerprint density at radius 1 is 1.00 bits per heavy atom. The van der Waals surface area contributed by atoms with Gasteiger partial charge in [-0.05, 0) is 76.5 Å². The van der Waals surface area contributed by atoms with E-state index in [1.54, 1.807) is 0 Å². The molecule has 4 fully saturated rings. The molecule has 3 heterocycles. The van der Waals surface area contributed by atoms with E-state index in [0.29, 0.717) is 23.3 Å². The van der Waals surface area contributed by atoms with Crippen molar-refractivity contribution in [3.8, 4) is 0 Å². The average Bonchev–Trinajstić information content (AvgIpc) is 2.99. The van der Waals surface area contributed by atoms with E-state index in [9.17, 15) is 4.79 Å². The molecule has 0 radical (unpaired) electrons. The van der Waals surface area contributed by atoms with Crippen LogP contribution in [0.3, 0.4) is 0 Å². The first-order chi connectivity index (χ1) is 10.3. The lowest BCUT2D eigenvalue weighted by Crippen LogP contribution is -2.49. The molecule has 3 aliphatic heterocycles. The fourth-order valence-corrected chi connectivity index (χ4v) is 4.95. The van der Waals surface area contributed by atoms with E-state index in [2.05, 4.69) is 15.1 Å². The number of hydrogen-bond acceptors (Lipinski definition) is 3. The van der Waals surface area contributed by atoms with E-state index < -0.39 is 0 Å². The third kappa shape index (κ3) is 3.81. The Morgan fingerprint density at radius 3 is 2.39 bits per heavy atom. The fraction of sp³-hybridized carbons (Fsp3) is 0.941. The monoisotopic (exact) mass is 363 g/mol. The maximum atomic E-state index is 12.9. The summed E-state index contributed by atoms with van der Waals surface area (Å²) in [5, 5.41) is 3.43. The number of nitrogens with one attached hydrogen (secondary N) is 1. The molecular formula is C17H31Cl2N3O. The van der Waals surface area contributed by atoms with Crippen molar-refractivity contribution in [2.45, 2.75) is 51.0 Å². The van der Waals surface area contributed by atoms with Gasteiger partial charge >= 0.3 is 0 Å². The third-order valence-corrected chi connectivity index (χ3v) is 6.45. The van der Waals surface area contributed by atoms with Crippen molar-refractivity contribution in [2.24, 2.45) is 11.3 Å². The molecule has 23 heavy (non-hydrogen) atoms. The Bertz CT molecular complexity index is 409. The van der Waals surface area contributed by atoms with Gasteiger partial charge in [-0.3, -0.25) is 9.69 Å². The molecule has 134 valence electrons. The lowest BCUT2D eigenvalue weighted by molar-refractivity contribution is -0.135. The number of likely N-dealkylation sites (tertiary alicyclic amines) is 2. The minimum atomic E-state index is 0. The number of rotatable bonds is 2. The Morgan fingerprint density at radius 2 is 1.70 bits per heavy atom. The van der Waals surface area contributed by atoms with Gasteiger partial charge in [-0.25, -0.2) is 0 Å². The van der Waals surface area contributed by atoms with Gasteiger partial charge in [0, 0.05) is 25.0 Å². The van der Waals surface area contributed by atoms with Gasteiger partial charge in [0.15, 0.2) is 0 Å². The van der Waals surface area contributed by atoms with Gasteiger partial charge in [-0.1, -0.05) is 0 Å². The van der Waals surface area contributed by atoms with Crippen LogP contribution in [0.5, 0.6) is 0 Å². The van der Waals surface area contributed by atoms with Crippen molar-refractivity contribution < 1.29 is 4.79 Å². The molecule has 0 aromatic carbocycles. The summed E-state index contributed by atoms with van der Waals surface area (Å²) in [6.07, 6.45) is 8.79. The minimum absolute atomic E-state index is 0. The SMILES string of the molecule is Cl.Cl.O=C(C1CC12CCNCC2)N1CCCC(N2CCCC2)C1. The summed E-state index contributed by atoms with van der Waals surface area (Å²) in [6, 6.07) is 0.646. The van der Waals surface area contributed by atoms with E-state index in [-0.39, 0.29) is 24.8 Å². The number of carbonyl (C=O) groups is 1. The lowest BCUT2D eigenvalue weighted by atomic mass is 9.91. The lowest BCUT2D eigenvalue weighted by Gasteiger charge is -2.38. The second-order valence-electron chi connectivity index (χ2n) is 7.69. The van der Waals surface area contributed by atoms with Crippen LogP contribution in [0, 0.1) is 11.3 Å². The number of amides is 1. The highest BCUT2D eigenvalue weighted by Crippen LogP contribution is 2.59. The van der Waals surface area contributed by atoms with Crippen LogP contribution in [-0.4, -0.2) is 61.0 Å². The predicted octanol–water partition coefficient (Wildman–Crippen LogP) is 2.31. The maximum Gasteiger partial charge on any atom is 0.226 e. The van der Waals surface area contributed by atoms with E-state index in [4.69, 9.17) is 0 Å². The van der Waals surface area contributed by atoms with Crippen molar-refractivity contribution >= 4 is 30.7 Å². The molecule has 2 atom stereocenters. The highest BCUT2D eigenvalue weighted by atomic mass is 35.5. The number of nitrogens with zero attached hydrogens (tertiary/aromatic N) is 2. The average molecular weight is 364 g/mol. The van der Waals surface area contributed by atoms with Crippen LogP contribution < -0.4 is 5.32 Å². The van der Waals surface area contributed by atoms with E-state index in [1.807, 2.05) is 0 Å². The zero-order valence-corrected chi connectivity index (χ0v) is 15.6. The molecule has 1 N–H and O–H groups in total. The molecule has 0 bridgehead atoms. The molecule has 3 saturated heterocycles. The summed E-state index contributed by atoms with van der Waals surface area (Å²) in [4.78, 5) is 17.7. The molecule has 6 heteroatoms. The molecule has 0 aromatic heterocycles. The van der Waals surface area contributed by atoms with Crippen molar-refractivity contribution in [2.75, 3.05) is 39.3 Å². The topological polar surface area (TPSA) is 35.6 Å². The summed E-state index contributed by atoms with van der Waals surface area (Å²) in [6.45, 7) is 6.75. The molecule has 0 aromatic rings. The molecule has 1 aliphatic carbocycles. The molecule has 4 rings (SSSR count). The van der Waals surface area contributed by atoms with Crippen LogP contribution in [0.1, 0.15) is 44.9 Å². The zero-order valence-electron chi connectivity index (χ0n) is 14.0. The van der Waals surface area contributed by atoms with E-state index >= 15 is 0 Å². The molecule has 2 unspecified atom stereocenters. The molecule has 1 spiro atoms. The van der Waals surface area contributed by atoms with Gasteiger partial charge < -0.3 is 10.2 Å². The smallest absolute Gasteiger partial charge is 0.226 e. The molecular weight excluding hydrogens is 333 g/mol. The highest BCUT2D eigenvalue weighted by Gasteiger charge is 2.58. The van der Waals surface area contributed by atoms with Crippen molar-refractivity contribution in [3.05, 3.63) is 0 Å². The minimum Gasteiger partial charge on any atom is -0.341 e. The van der Waals surface area contributed by atoms with Crippen LogP contribution in [0.2, 0.25) is 0 Å². The van der Waals surface area contributed by atoms with Gasteiger partial charge in [-0.2, -0.15) is 0 Å². The predicted molar refractivity (Wildman–Crippen MR) is 97.5 cm³/mol. The first-order valence-electron chi connectivity index (χ1n) is 9.02. The fourth-order valence-electron chi connectivity index (χ4n) is 4.95. The second-order valence-corrected chi connectivity index (χ2v) is 7.69. The quantitative estimate of drug-likeness (QED) is 0.817. The van der Waals surface area contributed by atoms with Crippen LogP contribution in [0.25, 0.3) is 0 Å². The van der Waals surface area contributed by atoms with Gasteiger partial charge in [0.25, 0.3) is 0 Å². The molecule has 4 aliphatic rings. The van der Waals surface area contributed by atoms with E-state index in [1.165, 1.54) is 58.0 Å². The van der Waals surface area contributed by atoms with Gasteiger partial charge in [0.05, 0.1) is 0 Å². The van der Waals surface area contributed by atoms with Crippen molar-refractivity contribution in [1.82, 2.24) is 15.1 Å². The van der Waals surface area contributed by atoms with Crippen LogP contribution in [0.4, 0.5) is 0 Å². The van der Waals surface area contributed by atoms with Gasteiger partial charge in [0.2, 0.25) is 5.91 Å². The second kappa shape index (κ2) is 7.90. The van der Waals surface area contributed by atoms with Crippen molar-refractivity contribution in [1.29, 1.82) is 0 Å². The third-order valence-electron chi connectivity index (χ3n) is 6.45. The number of hydrogen-bond donors (Lipinski definition) is 1. The summed E-state index contributed by atoms with van der Waals surface area (Å²) in [5.41, 5.74) is 0.392. The summed E-state index contributed by atoms with van der Waals surface area (Å²) in [7, 11) is 0. The largest absolute Gasteiger partial charge is 0.341 e. The van der Waals surface area contributed by atoms with Crippen molar-refractivity contribution in [3.63, 3.8) is 0 Å². The summed E-state index contributed by atoms with van der Waals surface area (Å²) in [5.74, 6) is 0.845. The number of carbonyl (C=O) groups excluding carboxylic acids is 1. The Labute approximate surface area is 152 Å². The summed E-state index contributed by atoms with van der Waals surface area (Å²) < 4.78 is 0. The molecule has 1 amide bonds. The van der Waals surface area contributed by atoms with Crippen LogP contribution >= 0.6 is 24.8 Å². The normalized spacial score (nSPS) is 33.0. The Balaban J connectivity index is 0.000000960. The standard InChI is InChI=1S/C17H29N3O.2ClH/c21-16(15-12-17(15)5-7-18-8-6-17)20-11-3-4-14(13-20)19-9-1-2-10-19;;/h14-15,18H,1-13H2;2*1H. The number of piperidine rings is 2. The maximum absolute atomic E-state index is 12.9. The first kappa shape index (κ1) is 19.3. The van der Waals surface area contributed by atoms with Crippen LogP contribution in [-0.2, 0) is 4.79 Å². The van der Waals surface area contributed by atoms with Crippen LogP contribution in [0.15, 0.2) is 0 Å². The Hall–Kier alpha value is -0.0300. The Kier molecular flexibility index (Phi) is 6.63. The van der Waals surface area contributed by atoms with Gasteiger partial charge in [-0.15, -0.1) is 24.8 Å². The highest BCUT2D eigenvalue weighted by molar-refractivity contribution is 5.85. The van der Waals surface area contributed by atoms with Gasteiger partial charge in [0.1, 0.15) is 0 Å². The molecule has 1 saturated carbocycles. The molecule has 4 nitrogen and oxygen atoms in total. The zero-order chi connectivity index (χ0) is 14.3.